The van der Waals surface area contributed by atoms with Gasteiger partial charge in [0.15, 0.2) is 6.23 Å². The van der Waals surface area contributed by atoms with Crippen molar-refractivity contribution in [1.82, 2.24) is 9.55 Å². The van der Waals surface area contributed by atoms with Gasteiger partial charge in [0.2, 0.25) is 0 Å². The second-order valence-corrected chi connectivity index (χ2v) is 5.67. The Morgan fingerprint density at radius 3 is 2.75 bits per heavy atom. The standard InChI is InChI=1S/C9H11N2O8P/c12-3-4-6-7(19-20(15,16)18-6)8(17-4)11-2-1-5(13)10-9(11)14/h1-2,4,6-8,12H,3H2,(H,15,16)(H,10,13,14)/p-1/t4-,6?,7?,8-/m1/s1. The van der Waals surface area contributed by atoms with Gasteiger partial charge in [-0.15, -0.1) is 0 Å². The molecule has 0 aliphatic carbocycles. The van der Waals surface area contributed by atoms with Crippen LogP contribution in [0.4, 0.5) is 0 Å². The Morgan fingerprint density at radius 1 is 1.40 bits per heavy atom. The van der Waals surface area contributed by atoms with Gasteiger partial charge < -0.3 is 23.8 Å². The lowest BCUT2D eigenvalue weighted by molar-refractivity contribution is -0.222. The first-order valence-corrected chi connectivity index (χ1v) is 7.13. The van der Waals surface area contributed by atoms with Crippen LogP contribution >= 0.6 is 7.82 Å². The molecular weight excluding hydrogens is 295 g/mol. The summed E-state index contributed by atoms with van der Waals surface area (Å²) in [5.74, 6) is 0. The Kier molecular flexibility index (Phi) is 3.16. The Balaban J connectivity index is 2.00. The largest absolute Gasteiger partial charge is 0.756 e. The number of phosphoric acid groups is 1. The molecule has 3 unspecified atom stereocenters. The second kappa shape index (κ2) is 4.62. The van der Waals surface area contributed by atoms with E-state index in [4.69, 9.17) is 18.9 Å². The van der Waals surface area contributed by atoms with Gasteiger partial charge in [-0.2, -0.15) is 0 Å². The molecule has 1 aromatic heterocycles. The monoisotopic (exact) mass is 305 g/mol. The molecule has 0 bridgehead atoms. The van der Waals surface area contributed by atoms with E-state index in [1.165, 1.54) is 0 Å². The molecule has 20 heavy (non-hydrogen) atoms. The third-order valence-electron chi connectivity index (χ3n) is 3.09. The highest BCUT2D eigenvalue weighted by Crippen LogP contribution is 2.55. The predicted octanol–water partition coefficient (Wildman–Crippen LogP) is -2.32. The molecule has 1 aromatic rings. The number of hydrogen-bond acceptors (Lipinski definition) is 8. The average Bonchev–Trinajstić information content (AvgIpc) is 2.83. The van der Waals surface area contributed by atoms with Crippen LogP contribution in [0.2, 0.25) is 0 Å². The van der Waals surface area contributed by atoms with E-state index in [9.17, 15) is 19.0 Å². The van der Waals surface area contributed by atoms with Gasteiger partial charge in [0, 0.05) is 12.3 Å². The average molecular weight is 305 g/mol. The topological polar surface area (TPSA) is 143 Å². The number of aromatic nitrogens is 2. The summed E-state index contributed by atoms with van der Waals surface area (Å²) in [6.07, 6.45) is -3.05. The fourth-order valence-corrected chi connectivity index (χ4v) is 3.39. The van der Waals surface area contributed by atoms with Crippen molar-refractivity contribution in [2.24, 2.45) is 0 Å². The Labute approximate surface area is 111 Å². The number of H-pyrrole nitrogens is 1. The second-order valence-electron chi connectivity index (χ2n) is 4.35. The first kappa shape index (κ1) is 13.7. The molecule has 2 saturated heterocycles. The summed E-state index contributed by atoms with van der Waals surface area (Å²) < 4.78 is 27.1. The van der Waals surface area contributed by atoms with E-state index >= 15 is 0 Å². The molecule has 2 aliphatic rings. The van der Waals surface area contributed by atoms with Gasteiger partial charge >= 0.3 is 5.69 Å². The van der Waals surface area contributed by atoms with E-state index in [0.29, 0.717) is 0 Å². The lowest BCUT2D eigenvalue weighted by Crippen LogP contribution is -2.36. The molecule has 2 N–H and O–H groups in total. The number of aromatic amines is 1. The zero-order chi connectivity index (χ0) is 14.5. The number of fused-ring (bicyclic) bond motifs is 1. The molecule has 0 saturated carbocycles. The fraction of sp³-hybridized carbons (Fsp3) is 0.556. The molecule has 0 amide bonds. The summed E-state index contributed by atoms with van der Waals surface area (Å²) in [6.45, 7) is -0.501. The van der Waals surface area contributed by atoms with E-state index < -0.39 is 50.2 Å². The number of aliphatic hydroxyl groups is 1. The van der Waals surface area contributed by atoms with Crippen molar-refractivity contribution in [2.75, 3.05) is 6.61 Å². The molecule has 0 spiro atoms. The predicted molar refractivity (Wildman–Crippen MR) is 59.7 cm³/mol. The van der Waals surface area contributed by atoms with E-state index in [0.717, 1.165) is 16.8 Å². The molecule has 2 fully saturated rings. The van der Waals surface area contributed by atoms with E-state index in [-0.39, 0.29) is 0 Å². The van der Waals surface area contributed by atoms with Crippen LogP contribution in [0, 0.1) is 0 Å². The highest BCUT2D eigenvalue weighted by atomic mass is 31.2. The highest BCUT2D eigenvalue weighted by Gasteiger charge is 2.54. The van der Waals surface area contributed by atoms with Crippen molar-refractivity contribution in [3.63, 3.8) is 0 Å². The number of hydrogen-bond donors (Lipinski definition) is 2. The van der Waals surface area contributed by atoms with Crippen LogP contribution in [-0.4, -0.2) is 39.6 Å². The lowest BCUT2D eigenvalue weighted by Gasteiger charge is -2.22. The maximum Gasteiger partial charge on any atom is 0.330 e. The minimum absolute atomic E-state index is 0.501. The zero-order valence-electron chi connectivity index (χ0n) is 9.87. The maximum atomic E-state index is 11.7. The first-order valence-electron chi connectivity index (χ1n) is 5.67. The number of nitrogens with one attached hydrogen (secondary N) is 1. The molecule has 5 atom stereocenters. The smallest absolute Gasteiger partial charge is 0.330 e. The normalized spacial score (nSPS) is 39.9. The molecule has 0 radical (unpaired) electrons. The van der Waals surface area contributed by atoms with E-state index in [1.807, 2.05) is 4.98 Å². The van der Waals surface area contributed by atoms with Crippen molar-refractivity contribution >= 4 is 7.82 Å². The Hall–Kier alpha value is -1.29. The van der Waals surface area contributed by atoms with Crippen LogP contribution in [0.1, 0.15) is 6.23 Å². The number of nitrogens with zero attached hydrogens (tertiary/aromatic N) is 1. The minimum atomic E-state index is -4.48. The maximum absolute atomic E-state index is 11.7. The summed E-state index contributed by atoms with van der Waals surface area (Å²) >= 11 is 0. The fourth-order valence-electron chi connectivity index (χ4n) is 2.27. The van der Waals surface area contributed by atoms with Crippen molar-refractivity contribution in [3.05, 3.63) is 33.1 Å². The van der Waals surface area contributed by atoms with Crippen molar-refractivity contribution in [2.45, 2.75) is 24.5 Å². The lowest BCUT2D eigenvalue weighted by atomic mass is 10.1. The Bertz CT molecular complexity index is 683. The SMILES string of the molecule is O=c1ccn([C@@H]2O[C@H](CO)C3OP(=O)([O-])OC32)c(=O)[nH]1. The van der Waals surface area contributed by atoms with Crippen molar-refractivity contribution in [3.8, 4) is 0 Å². The number of rotatable bonds is 2. The van der Waals surface area contributed by atoms with Crippen LogP contribution < -0.4 is 16.1 Å². The molecule has 110 valence electrons. The van der Waals surface area contributed by atoms with E-state index in [1.54, 1.807) is 0 Å². The number of aliphatic hydroxyl groups excluding tert-OH is 1. The molecule has 0 aromatic carbocycles. The van der Waals surface area contributed by atoms with Crippen LogP contribution in [0.25, 0.3) is 0 Å². The Morgan fingerprint density at radius 2 is 2.10 bits per heavy atom. The van der Waals surface area contributed by atoms with Crippen LogP contribution in [0.15, 0.2) is 21.9 Å². The molecule has 10 nitrogen and oxygen atoms in total. The van der Waals surface area contributed by atoms with Crippen molar-refractivity contribution < 1.29 is 28.3 Å². The molecule has 2 aliphatic heterocycles. The number of phosphoric ester groups is 1. The third-order valence-corrected chi connectivity index (χ3v) is 4.10. The van der Waals surface area contributed by atoms with E-state index in [2.05, 4.69) is 0 Å². The molecule has 11 heteroatoms. The first-order chi connectivity index (χ1) is 9.41. The quantitative estimate of drug-likeness (QED) is 0.579. The minimum Gasteiger partial charge on any atom is -0.756 e. The summed E-state index contributed by atoms with van der Waals surface area (Å²) in [5.41, 5.74) is -1.38. The van der Waals surface area contributed by atoms with Crippen LogP contribution in [-0.2, 0) is 18.3 Å². The molecule has 3 rings (SSSR count). The van der Waals surface area contributed by atoms with Gasteiger partial charge in [-0.05, 0) is 0 Å². The number of ether oxygens (including phenoxy) is 1. The van der Waals surface area contributed by atoms with Crippen LogP contribution in [0.5, 0.6) is 0 Å². The van der Waals surface area contributed by atoms with Gasteiger partial charge in [-0.3, -0.25) is 18.9 Å². The third kappa shape index (κ3) is 2.16. The molecule has 3 heterocycles. The van der Waals surface area contributed by atoms with Gasteiger partial charge in [-0.25, -0.2) is 4.79 Å². The van der Waals surface area contributed by atoms with Gasteiger partial charge in [0.25, 0.3) is 13.4 Å². The summed E-state index contributed by atoms with van der Waals surface area (Å²) in [5, 5.41) is 9.16. The summed E-state index contributed by atoms with van der Waals surface area (Å²) in [6, 6.07) is 1.08. The summed E-state index contributed by atoms with van der Waals surface area (Å²) in [7, 11) is -4.48. The van der Waals surface area contributed by atoms with Gasteiger partial charge in [0.1, 0.15) is 18.3 Å². The molecular formula is C9H10N2O8P-. The highest BCUT2D eigenvalue weighted by molar-refractivity contribution is 7.46. The van der Waals surface area contributed by atoms with Crippen molar-refractivity contribution in [1.29, 1.82) is 0 Å². The van der Waals surface area contributed by atoms with Gasteiger partial charge in [-0.1, -0.05) is 0 Å². The van der Waals surface area contributed by atoms with Crippen LogP contribution in [0.3, 0.4) is 0 Å². The van der Waals surface area contributed by atoms with Gasteiger partial charge in [0.05, 0.1) is 6.61 Å². The zero-order valence-corrected chi connectivity index (χ0v) is 10.8. The summed E-state index contributed by atoms with van der Waals surface area (Å²) in [4.78, 5) is 36.0.